The Hall–Kier alpha value is -3.78. The predicted molar refractivity (Wildman–Crippen MR) is 126 cm³/mol. The summed E-state index contributed by atoms with van der Waals surface area (Å²) in [6.07, 6.45) is 1.12. The van der Waals surface area contributed by atoms with Gasteiger partial charge in [-0.15, -0.1) is 0 Å². The van der Waals surface area contributed by atoms with Crippen LogP contribution in [0.25, 0.3) is 0 Å². The molecule has 0 spiro atoms. The van der Waals surface area contributed by atoms with E-state index in [2.05, 4.69) is 10.6 Å². The number of nitrogens with one attached hydrogen (secondary N) is 2. The molecule has 3 rings (SSSR count). The van der Waals surface area contributed by atoms with Crippen molar-refractivity contribution in [2.45, 2.75) is 32.9 Å². The molecule has 0 saturated heterocycles. The van der Waals surface area contributed by atoms with Crippen LogP contribution in [-0.4, -0.2) is 26.8 Å². The van der Waals surface area contributed by atoms with Crippen molar-refractivity contribution in [1.29, 1.82) is 0 Å². The zero-order chi connectivity index (χ0) is 24.1. The van der Waals surface area contributed by atoms with E-state index >= 15 is 0 Å². The average molecular weight is 470 g/mol. The summed E-state index contributed by atoms with van der Waals surface area (Å²) in [6.45, 7) is 3.63. The standard InChI is InChI=1S/C24H24ClN3O5/c1-14-7-9-16(10-8-14)19(11-20(29)30)26-24(33)27-21-22(31)15(2)12-28(23(21)32)13-17-5-3-4-6-18(17)25/h3-10,12,19,31H,11,13H2,1-2H3,(H,29,30)(H2,26,27,33)/t19-/m1/s1. The second-order valence-electron chi connectivity index (χ2n) is 7.72. The highest BCUT2D eigenvalue weighted by Crippen LogP contribution is 2.25. The number of aliphatic carboxylic acids is 1. The van der Waals surface area contributed by atoms with Gasteiger partial charge in [-0.05, 0) is 31.0 Å². The van der Waals surface area contributed by atoms with Gasteiger partial charge in [0, 0.05) is 16.8 Å². The summed E-state index contributed by atoms with van der Waals surface area (Å²) in [5.41, 5.74) is 1.72. The van der Waals surface area contributed by atoms with Gasteiger partial charge in [-0.2, -0.15) is 0 Å². The Kier molecular flexibility index (Phi) is 7.40. The summed E-state index contributed by atoms with van der Waals surface area (Å²) in [7, 11) is 0. The summed E-state index contributed by atoms with van der Waals surface area (Å²) in [5.74, 6) is -1.46. The van der Waals surface area contributed by atoms with Gasteiger partial charge in [0.15, 0.2) is 5.69 Å². The smallest absolute Gasteiger partial charge is 0.319 e. The van der Waals surface area contributed by atoms with Crippen LogP contribution in [0.15, 0.2) is 59.5 Å². The quantitative estimate of drug-likeness (QED) is 0.413. The van der Waals surface area contributed by atoms with E-state index in [1.165, 1.54) is 10.8 Å². The number of aryl methyl sites for hydroxylation is 2. The van der Waals surface area contributed by atoms with Crippen molar-refractivity contribution < 1.29 is 19.8 Å². The van der Waals surface area contributed by atoms with Crippen LogP contribution < -0.4 is 16.2 Å². The first-order chi connectivity index (χ1) is 15.7. The lowest BCUT2D eigenvalue weighted by molar-refractivity contribution is -0.137. The summed E-state index contributed by atoms with van der Waals surface area (Å²) >= 11 is 6.20. The number of amides is 2. The first-order valence-electron chi connectivity index (χ1n) is 10.2. The Morgan fingerprint density at radius 2 is 1.76 bits per heavy atom. The second kappa shape index (κ2) is 10.2. The van der Waals surface area contributed by atoms with Gasteiger partial charge in [0.1, 0.15) is 5.75 Å². The van der Waals surface area contributed by atoms with E-state index in [1.807, 2.05) is 19.1 Å². The monoisotopic (exact) mass is 469 g/mol. The van der Waals surface area contributed by atoms with Crippen molar-refractivity contribution in [2.24, 2.45) is 0 Å². The number of pyridine rings is 1. The number of carbonyl (C=O) groups is 2. The van der Waals surface area contributed by atoms with Gasteiger partial charge in [-0.25, -0.2) is 4.79 Å². The largest absolute Gasteiger partial charge is 0.505 e. The highest BCUT2D eigenvalue weighted by molar-refractivity contribution is 6.31. The van der Waals surface area contributed by atoms with Crippen LogP contribution in [0.2, 0.25) is 5.02 Å². The molecular formula is C24H24ClN3O5. The molecule has 172 valence electrons. The minimum Gasteiger partial charge on any atom is -0.505 e. The molecule has 0 saturated carbocycles. The fraction of sp³-hybridized carbons (Fsp3) is 0.208. The zero-order valence-electron chi connectivity index (χ0n) is 18.1. The van der Waals surface area contributed by atoms with Crippen molar-refractivity contribution in [3.05, 3.63) is 92.4 Å². The molecule has 0 aliphatic carbocycles. The molecule has 2 aromatic carbocycles. The number of aromatic nitrogens is 1. The normalized spacial score (nSPS) is 11.6. The van der Waals surface area contributed by atoms with Gasteiger partial charge in [-0.3, -0.25) is 9.59 Å². The van der Waals surface area contributed by atoms with Crippen molar-refractivity contribution in [3.8, 4) is 5.75 Å². The number of carboxylic acid groups (broad SMARTS) is 1. The molecule has 4 N–H and O–H groups in total. The van der Waals surface area contributed by atoms with E-state index in [9.17, 15) is 24.6 Å². The second-order valence-corrected chi connectivity index (χ2v) is 8.13. The highest BCUT2D eigenvalue weighted by atomic mass is 35.5. The zero-order valence-corrected chi connectivity index (χ0v) is 18.9. The Morgan fingerprint density at radius 1 is 1.09 bits per heavy atom. The van der Waals surface area contributed by atoms with Crippen LogP contribution in [0.4, 0.5) is 10.5 Å². The van der Waals surface area contributed by atoms with Gasteiger partial charge in [0.25, 0.3) is 5.56 Å². The molecule has 0 aliphatic rings. The van der Waals surface area contributed by atoms with Crippen LogP contribution in [0.3, 0.4) is 0 Å². The molecular weight excluding hydrogens is 446 g/mol. The van der Waals surface area contributed by atoms with Crippen LogP contribution >= 0.6 is 11.6 Å². The summed E-state index contributed by atoms with van der Waals surface area (Å²) in [4.78, 5) is 37.0. The first kappa shape index (κ1) is 23.9. The van der Waals surface area contributed by atoms with Crippen molar-refractivity contribution in [1.82, 2.24) is 9.88 Å². The topological polar surface area (TPSA) is 121 Å². The summed E-state index contributed by atoms with van der Waals surface area (Å²) in [5, 5.41) is 25.1. The van der Waals surface area contributed by atoms with E-state index in [4.69, 9.17) is 11.6 Å². The number of carboxylic acids is 1. The molecule has 0 bridgehead atoms. The Bertz CT molecular complexity index is 1240. The number of nitrogens with zero attached hydrogens (tertiary/aromatic N) is 1. The molecule has 0 unspecified atom stereocenters. The molecule has 33 heavy (non-hydrogen) atoms. The molecule has 2 amide bonds. The van der Waals surface area contributed by atoms with E-state index in [0.29, 0.717) is 21.7 Å². The van der Waals surface area contributed by atoms with Gasteiger partial charge in [0.2, 0.25) is 0 Å². The molecule has 0 aliphatic heterocycles. The lowest BCUT2D eigenvalue weighted by Gasteiger charge is -2.19. The fourth-order valence-electron chi connectivity index (χ4n) is 3.37. The summed E-state index contributed by atoms with van der Waals surface area (Å²) in [6, 6.07) is 12.5. The van der Waals surface area contributed by atoms with Gasteiger partial charge in [-0.1, -0.05) is 59.6 Å². The van der Waals surface area contributed by atoms with Crippen molar-refractivity contribution in [3.63, 3.8) is 0 Å². The molecule has 1 heterocycles. The molecule has 1 aromatic heterocycles. The van der Waals surface area contributed by atoms with Gasteiger partial charge < -0.3 is 25.4 Å². The SMILES string of the molecule is Cc1ccc([C@@H](CC(=O)O)NC(=O)Nc2c(O)c(C)cn(Cc3ccccc3Cl)c2=O)cc1. The van der Waals surface area contributed by atoms with Crippen LogP contribution in [0.1, 0.15) is 34.7 Å². The lowest BCUT2D eigenvalue weighted by atomic mass is 10.0. The van der Waals surface area contributed by atoms with E-state index < -0.39 is 23.6 Å². The highest BCUT2D eigenvalue weighted by Gasteiger charge is 2.21. The third-order valence-electron chi connectivity index (χ3n) is 5.14. The maximum Gasteiger partial charge on any atom is 0.319 e. The van der Waals surface area contributed by atoms with Gasteiger partial charge in [0.05, 0.1) is 19.0 Å². The number of hydrogen-bond donors (Lipinski definition) is 4. The van der Waals surface area contributed by atoms with Gasteiger partial charge >= 0.3 is 12.0 Å². The number of halogens is 1. The first-order valence-corrected chi connectivity index (χ1v) is 10.6. The molecule has 8 nitrogen and oxygen atoms in total. The number of hydrogen-bond acceptors (Lipinski definition) is 4. The van der Waals surface area contributed by atoms with Crippen molar-refractivity contribution in [2.75, 3.05) is 5.32 Å². The maximum atomic E-state index is 13.0. The van der Waals surface area contributed by atoms with E-state index in [1.54, 1.807) is 43.3 Å². The molecule has 0 radical (unpaired) electrons. The molecule has 3 aromatic rings. The van der Waals surface area contributed by atoms with E-state index in [0.717, 1.165) is 5.56 Å². The van der Waals surface area contributed by atoms with Crippen molar-refractivity contribution >= 4 is 29.3 Å². The number of aromatic hydroxyl groups is 1. The number of benzene rings is 2. The third-order valence-corrected chi connectivity index (χ3v) is 5.50. The Labute approximate surface area is 195 Å². The molecule has 0 fully saturated rings. The predicted octanol–water partition coefficient (Wildman–Crippen LogP) is 4.21. The minimum absolute atomic E-state index is 0.140. The Balaban J connectivity index is 1.86. The third kappa shape index (κ3) is 5.93. The van der Waals surface area contributed by atoms with Crippen LogP contribution in [-0.2, 0) is 11.3 Å². The lowest BCUT2D eigenvalue weighted by Crippen LogP contribution is -2.36. The van der Waals surface area contributed by atoms with Crippen LogP contribution in [0, 0.1) is 13.8 Å². The minimum atomic E-state index is -1.10. The number of rotatable bonds is 7. The average Bonchev–Trinajstić information content (AvgIpc) is 2.76. The van der Waals surface area contributed by atoms with Crippen LogP contribution in [0.5, 0.6) is 5.75 Å². The summed E-state index contributed by atoms with van der Waals surface area (Å²) < 4.78 is 1.33. The number of anilines is 1. The fourth-order valence-corrected chi connectivity index (χ4v) is 3.56. The number of carbonyl (C=O) groups excluding carboxylic acids is 1. The maximum absolute atomic E-state index is 13.0. The molecule has 9 heteroatoms. The molecule has 1 atom stereocenters. The number of urea groups is 1. The Morgan fingerprint density at radius 3 is 2.39 bits per heavy atom. The van der Waals surface area contributed by atoms with E-state index in [-0.39, 0.29) is 24.4 Å².